The molecule has 0 fully saturated rings. The third-order valence-electron chi connectivity index (χ3n) is 7.23. The Hall–Kier alpha value is -3.94. The van der Waals surface area contributed by atoms with Crippen molar-refractivity contribution in [3.05, 3.63) is 112 Å². The highest BCUT2D eigenvalue weighted by molar-refractivity contribution is 5.94. The molecule has 4 N–H and O–H groups in total. The number of hydrogen-bond acceptors (Lipinski definition) is 5. The lowest BCUT2D eigenvalue weighted by Gasteiger charge is -2.28. The van der Waals surface area contributed by atoms with Crippen LogP contribution in [0.2, 0.25) is 0 Å². The molecule has 2 heterocycles. The molecule has 1 amide bonds. The van der Waals surface area contributed by atoms with Crippen LogP contribution in [-0.2, 0) is 12.8 Å². The zero-order chi connectivity index (χ0) is 28.9. The second-order valence-corrected chi connectivity index (χ2v) is 11.2. The van der Waals surface area contributed by atoms with Crippen LogP contribution in [-0.4, -0.2) is 44.3 Å². The standard InChI is InChI=1S/C33H40N4O3/c1-22-17-25(11-13-29(22)38)15-16-34-32(40)27-8-6-7-26(18-27)19-33(4,5)36-21-30(39)28-12-14-31(35-20-28)37-23(2)9-10-24(37)3/h6-14,17-18,20,30,36,38-39H,15-16,19,21H2,1-5H3,(H,34,40)/t30-/m1/s1. The Kier molecular flexibility index (Phi) is 9.07. The molecule has 2 aromatic carbocycles. The first-order valence-electron chi connectivity index (χ1n) is 13.7. The van der Waals surface area contributed by atoms with Crippen molar-refractivity contribution in [1.82, 2.24) is 20.2 Å². The van der Waals surface area contributed by atoms with Crippen molar-refractivity contribution >= 4 is 5.91 Å². The van der Waals surface area contributed by atoms with Crippen molar-refractivity contribution in [3.63, 3.8) is 0 Å². The molecule has 0 spiro atoms. The van der Waals surface area contributed by atoms with E-state index in [4.69, 9.17) is 0 Å². The van der Waals surface area contributed by atoms with E-state index in [1.54, 1.807) is 12.3 Å². The van der Waals surface area contributed by atoms with Gasteiger partial charge in [0.25, 0.3) is 5.91 Å². The fraction of sp³-hybridized carbons (Fsp3) is 0.333. The minimum Gasteiger partial charge on any atom is -0.508 e. The summed E-state index contributed by atoms with van der Waals surface area (Å²) in [6.45, 7) is 11.0. The molecule has 0 radical (unpaired) electrons. The van der Waals surface area contributed by atoms with Crippen LogP contribution >= 0.6 is 0 Å². The smallest absolute Gasteiger partial charge is 0.251 e. The van der Waals surface area contributed by atoms with Crippen molar-refractivity contribution < 1.29 is 15.0 Å². The number of β-amino-alcohol motifs (C(OH)–C–C–N with tert-alkyl or cyclic N) is 1. The van der Waals surface area contributed by atoms with Gasteiger partial charge < -0.3 is 25.4 Å². The van der Waals surface area contributed by atoms with E-state index in [1.165, 1.54) is 0 Å². The van der Waals surface area contributed by atoms with Gasteiger partial charge in [-0.1, -0.05) is 30.3 Å². The number of phenols is 1. The maximum atomic E-state index is 12.8. The van der Waals surface area contributed by atoms with Crippen LogP contribution < -0.4 is 10.6 Å². The summed E-state index contributed by atoms with van der Waals surface area (Å²) in [4.78, 5) is 17.3. The minimum absolute atomic E-state index is 0.111. The van der Waals surface area contributed by atoms with E-state index in [9.17, 15) is 15.0 Å². The van der Waals surface area contributed by atoms with Crippen LogP contribution in [0, 0.1) is 20.8 Å². The van der Waals surface area contributed by atoms with Gasteiger partial charge in [0.1, 0.15) is 11.6 Å². The van der Waals surface area contributed by atoms with E-state index < -0.39 is 6.10 Å². The minimum atomic E-state index is -0.692. The van der Waals surface area contributed by atoms with Gasteiger partial charge in [0.15, 0.2) is 0 Å². The second-order valence-electron chi connectivity index (χ2n) is 11.2. The highest BCUT2D eigenvalue weighted by Crippen LogP contribution is 2.20. The number of aromatic hydroxyl groups is 1. The van der Waals surface area contributed by atoms with Crippen LogP contribution in [0.3, 0.4) is 0 Å². The zero-order valence-corrected chi connectivity index (χ0v) is 24.0. The number of aliphatic hydroxyl groups is 1. The molecular weight excluding hydrogens is 500 g/mol. The molecule has 0 saturated carbocycles. The monoisotopic (exact) mass is 540 g/mol. The van der Waals surface area contributed by atoms with Gasteiger partial charge in [-0.25, -0.2) is 4.98 Å². The lowest BCUT2D eigenvalue weighted by atomic mass is 9.93. The third-order valence-corrected chi connectivity index (χ3v) is 7.23. The summed E-state index contributed by atoms with van der Waals surface area (Å²) in [6, 6.07) is 21.1. The second kappa shape index (κ2) is 12.5. The van der Waals surface area contributed by atoms with Crippen LogP contribution in [0.5, 0.6) is 5.75 Å². The number of nitrogens with one attached hydrogen (secondary N) is 2. The largest absolute Gasteiger partial charge is 0.508 e. The Balaban J connectivity index is 1.29. The molecule has 7 nitrogen and oxygen atoms in total. The Morgan fingerprint density at radius 1 is 0.975 bits per heavy atom. The van der Waals surface area contributed by atoms with Gasteiger partial charge in [0.2, 0.25) is 0 Å². The highest BCUT2D eigenvalue weighted by atomic mass is 16.3. The van der Waals surface area contributed by atoms with Crippen LogP contribution in [0.25, 0.3) is 5.82 Å². The molecule has 0 aliphatic heterocycles. The number of aromatic nitrogens is 2. The number of carbonyl (C=O) groups excluding carboxylic acids is 1. The van der Waals surface area contributed by atoms with Gasteiger partial charge in [0.05, 0.1) is 6.10 Å². The summed E-state index contributed by atoms with van der Waals surface area (Å²) >= 11 is 0. The van der Waals surface area contributed by atoms with Gasteiger partial charge in [-0.15, -0.1) is 0 Å². The van der Waals surface area contributed by atoms with E-state index >= 15 is 0 Å². The number of rotatable bonds is 11. The fourth-order valence-corrected chi connectivity index (χ4v) is 4.94. The number of amides is 1. The predicted octanol–water partition coefficient (Wildman–Crippen LogP) is 5.12. The van der Waals surface area contributed by atoms with Crippen molar-refractivity contribution in [1.29, 1.82) is 0 Å². The number of carbonyl (C=O) groups is 1. The Morgan fingerprint density at radius 3 is 2.40 bits per heavy atom. The van der Waals surface area contributed by atoms with Gasteiger partial charge in [-0.3, -0.25) is 4.79 Å². The lowest BCUT2D eigenvalue weighted by Crippen LogP contribution is -2.43. The fourth-order valence-electron chi connectivity index (χ4n) is 4.94. The topological polar surface area (TPSA) is 99.4 Å². The molecule has 1 atom stereocenters. The normalized spacial score (nSPS) is 12.3. The third kappa shape index (κ3) is 7.37. The van der Waals surface area contributed by atoms with E-state index in [1.807, 2.05) is 69.3 Å². The molecule has 2 aromatic heterocycles. The van der Waals surface area contributed by atoms with Crippen LogP contribution in [0.15, 0.2) is 72.9 Å². The molecule has 4 aromatic rings. The number of pyridine rings is 1. The molecule has 0 saturated heterocycles. The molecule has 0 unspecified atom stereocenters. The lowest BCUT2D eigenvalue weighted by molar-refractivity contribution is 0.0954. The number of aryl methyl sites for hydroxylation is 3. The maximum Gasteiger partial charge on any atom is 0.251 e. The predicted molar refractivity (Wildman–Crippen MR) is 159 cm³/mol. The Bertz CT molecular complexity index is 1440. The van der Waals surface area contributed by atoms with Gasteiger partial charge in [0, 0.05) is 47.3 Å². The quantitative estimate of drug-likeness (QED) is 0.212. The average Bonchev–Trinajstić information content (AvgIpc) is 3.26. The maximum absolute atomic E-state index is 12.8. The summed E-state index contributed by atoms with van der Waals surface area (Å²) in [5, 5.41) is 27.0. The molecule has 40 heavy (non-hydrogen) atoms. The number of phenolic OH excluding ortho intramolecular Hbond substituents is 1. The Labute approximate surface area is 236 Å². The molecule has 0 aliphatic rings. The van der Waals surface area contributed by atoms with E-state index in [0.29, 0.717) is 31.5 Å². The summed E-state index contributed by atoms with van der Waals surface area (Å²) in [7, 11) is 0. The van der Waals surface area contributed by atoms with Gasteiger partial charge in [-0.05, 0) is 101 Å². The number of hydrogen-bond donors (Lipinski definition) is 4. The van der Waals surface area contributed by atoms with E-state index in [-0.39, 0.29) is 17.2 Å². The van der Waals surface area contributed by atoms with Gasteiger partial charge >= 0.3 is 0 Å². The summed E-state index contributed by atoms with van der Waals surface area (Å²) < 4.78 is 2.09. The molecule has 4 rings (SSSR count). The van der Waals surface area contributed by atoms with Crippen molar-refractivity contribution in [2.24, 2.45) is 0 Å². The number of benzene rings is 2. The molecule has 210 valence electrons. The SMILES string of the molecule is Cc1cc(CCNC(=O)c2cccc(CC(C)(C)NC[C@@H](O)c3ccc(-n4c(C)ccc4C)nc3)c2)ccc1O. The van der Waals surface area contributed by atoms with Crippen molar-refractivity contribution in [3.8, 4) is 11.6 Å². The summed E-state index contributed by atoms with van der Waals surface area (Å²) in [5.41, 5.74) is 6.24. The zero-order valence-electron chi connectivity index (χ0n) is 24.0. The first-order chi connectivity index (χ1) is 19.0. The van der Waals surface area contributed by atoms with Crippen LogP contribution in [0.4, 0.5) is 0 Å². The molecule has 0 bridgehead atoms. The van der Waals surface area contributed by atoms with E-state index in [0.717, 1.165) is 39.5 Å². The Morgan fingerprint density at radius 2 is 1.73 bits per heavy atom. The van der Waals surface area contributed by atoms with Crippen molar-refractivity contribution in [2.45, 2.75) is 59.1 Å². The molecular formula is C33H40N4O3. The molecule has 7 heteroatoms. The van der Waals surface area contributed by atoms with E-state index in [2.05, 4.69) is 46.2 Å². The number of nitrogens with zero attached hydrogens (tertiary/aromatic N) is 2. The van der Waals surface area contributed by atoms with Gasteiger partial charge in [-0.2, -0.15) is 0 Å². The first kappa shape index (κ1) is 29.1. The molecule has 0 aliphatic carbocycles. The van der Waals surface area contributed by atoms with Crippen molar-refractivity contribution in [2.75, 3.05) is 13.1 Å². The van der Waals surface area contributed by atoms with Crippen LogP contribution in [0.1, 0.15) is 64.0 Å². The summed E-state index contributed by atoms with van der Waals surface area (Å²) in [5.74, 6) is 1.00. The number of aliphatic hydroxyl groups excluding tert-OH is 1. The highest BCUT2D eigenvalue weighted by Gasteiger charge is 2.21. The first-order valence-corrected chi connectivity index (χ1v) is 13.7. The average molecular weight is 541 g/mol. The summed E-state index contributed by atoms with van der Waals surface area (Å²) in [6.07, 6.45) is 2.42.